The SMILES string of the molecule is CCC1CCC(c2ccc(C3(C)C=NC(c4ccc(Br)cc4)=NN3)cc2)CC1. The summed E-state index contributed by atoms with van der Waals surface area (Å²) in [6, 6.07) is 17.1. The minimum Gasteiger partial charge on any atom is -0.292 e. The summed E-state index contributed by atoms with van der Waals surface area (Å²) in [6.07, 6.45) is 8.72. The number of halogens is 1. The van der Waals surface area contributed by atoms with E-state index in [0.29, 0.717) is 5.84 Å². The van der Waals surface area contributed by atoms with E-state index in [9.17, 15) is 0 Å². The molecule has 1 aliphatic carbocycles. The molecule has 0 spiro atoms. The molecule has 2 aromatic rings. The molecule has 1 saturated carbocycles. The maximum atomic E-state index is 4.64. The molecule has 2 aromatic carbocycles. The normalized spacial score (nSPS) is 27.2. The van der Waals surface area contributed by atoms with Gasteiger partial charge in [-0.3, -0.25) is 5.43 Å². The van der Waals surface area contributed by atoms with Gasteiger partial charge in [-0.1, -0.05) is 65.7 Å². The van der Waals surface area contributed by atoms with Crippen LogP contribution in [0.5, 0.6) is 0 Å². The van der Waals surface area contributed by atoms with Crippen molar-refractivity contribution in [1.82, 2.24) is 5.43 Å². The summed E-state index contributed by atoms with van der Waals surface area (Å²) in [7, 11) is 0. The second-order valence-electron chi connectivity index (χ2n) is 8.26. The Hall–Kier alpha value is -1.94. The number of nitrogens with zero attached hydrogens (tertiary/aromatic N) is 2. The molecule has 2 aliphatic rings. The molecule has 0 amide bonds. The quantitative estimate of drug-likeness (QED) is 0.591. The fraction of sp³-hybridized carbons (Fsp3) is 0.417. The molecule has 0 bridgehead atoms. The van der Waals surface area contributed by atoms with E-state index in [-0.39, 0.29) is 5.54 Å². The van der Waals surface area contributed by atoms with Crippen LogP contribution in [0.15, 0.2) is 63.1 Å². The largest absolute Gasteiger partial charge is 0.292 e. The first-order valence-electron chi connectivity index (χ1n) is 10.3. The number of hydrogen-bond donors (Lipinski definition) is 1. The molecule has 0 radical (unpaired) electrons. The van der Waals surface area contributed by atoms with Crippen molar-refractivity contribution in [3.63, 3.8) is 0 Å². The lowest BCUT2D eigenvalue weighted by molar-refractivity contribution is 0.318. The second kappa shape index (κ2) is 8.20. The van der Waals surface area contributed by atoms with E-state index >= 15 is 0 Å². The molecule has 1 aliphatic heterocycles. The first kappa shape index (κ1) is 19.4. The fourth-order valence-corrected chi connectivity index (χ4v) is 4.56. The van der Waals surface area contributed by atoms with Gasteiger partial charge in [-0.05, 0) is 67.7 Å². The van der Waals surface area contributed by atoms with Crippen molar-refractivity contribution in [2.75, 3.05) is 0 Å². The molecule has 28 heavy (non-hydrogen) atoms. The van der Waals surface area contributed by atoms with Crippen LogP contribution < -0.4 is 5.43 Å². The highest BCUT2D eigenvalue weighted by molar-refractivity contribution is 9.10. The van der Waals surface area contributed by atoms with Gasteiger partial charge in [0.2, 0.25) is 0 Å². The van der Waals surface area contributed by atoms with Gasteiger partial charge in [0.1, 0.15) is 5.54 Å². The highest BCUT2D eigenvalue weighted by Gasteiger charge is 2.28. The summed E-state index contributed by atoms with van der Waals surface area (Å²) in [6.45, 7) is 4.45. The Labute approximate surface area is 176 Å². The third-order valence-electron chi connectivity index (χ3n) is 6.35. The summed E-state index contributed by atoms with van der Waals surface area (Å²) in [5.74, 6) is 2.38. The van der Waals surface area contributed by atoms with Gasteiger partial charge in [0, 0.05) is 16.3 Å². The minimum atomic E-state index is -0.378. The van der Waals surface area contributed by atoms with Crippen LogP contribution in [0.25, 0.3) is 0 Å². The zero-order chi connectivity index (χ0) is 19.6. The van der Waals surface area contributed by atoms with Crippen LogP contribution in [-0.2, 0) is 5.54 Å². The highest BCUT2D eigenvalue weighted by Crippen LogP contribution is 2.37. The van der Waals surface area contributed by atoms with Gasteiger partial charge < -0.3 is 0 Å². The number of nitrogens with one attached hydrogen (secondary N) is 1. The van der Waals surface area contributed by atoms with Gasteiger partial charge in [-0.15, -0.1) is 0 Å². The van der Waals surface area contributed by atoms with Crippen LogP contribution in [-0.4, -0.2) is 12.1 Å². The number of amidine groups is 1. The zero-order valence-electron chi connectivity index (χ0n) is 16.7. The van der Waals surface area contributed by atoms with E-state index in [1.165, 1.54) is 43.2 Å². The van der Waals surface area contributed by atoms with E-state index < -0.39 is 0 Å². The molecule has 1 atom stereocenters. The van der Waals surface area contributed by atoms with Crippen molar-refractivity contribution in [2.24, 2.45) is 16.0 Å². The van der Waals surface area contributed by atoms with Crippen LogP contribution in [0.2, 0.25) is 0 Å². The van der Waals surface area contributed by atoms with Crippen molar-refractivity contribution in [1.29, 1.82) is 0 Å². The van der Waals surface area contributed by atoms with E-state index in [2.05, 4.69) is 69.6 Å². The van der Waals surface area contributed by atoms with Gasteiger partial charge in [0.15, 0.2) is 5.84 Å². The summed E-state index contributed by atoms with van der Waals surface area (Å²) in [5.41, 5.74) is 6.62. The highest BCUT2D eigenvalue weighted by atomic mass is 79.9. The molecule has 0 saturated heterocycles. The van der Waals surface area contributed by atoms with Crippen LogP contribution in [0.1, 0.15) is 68.6 Å². The maximum Gasteiger partial charge on any atom is 0.178 e. The van der Waals surface area contributed by atoms with Crippen LogP contribution in [0.3, 0.4) is 0 Å². The molecular formula is C24H28BrN3. The number of benzene rings is 2. The molecule has 146 valence electrons. The Morgan fingerprint density at radius 3 is 2.25 bits per heavy atom. The van der Waals surface area contributed by atoms with Gasteiger partial charge in [-0.2, -0.15) is 5.10 Å². The zero-order valence-corrected chi connectivity index (χ0v) is 18.2. The Balaban J connectivity index is 1.45. The monoisotopic (exact) mass is 437 g/mol. The predicted octanol–water partition coefficient (Wildman–Crippen LogP) is 6.38. The standard InChI is InChI=1S/C24H28BrN3/c1-3-17-4-6-18(7-5-17)19-8-12-21(13-9-19)24(2)16-26-23(27-28-24)20-10-14-22(25)15-11-20/h8-18,28H,3-7H2,1-2H3. The number of aliphatic imine (C=N–C) groups is 1. The maximum absolute atomic E-state index is 4.64. The topological polar surface area (TPSA) is 36.8 Å². The molecule has 3 nitrogen and oxygen atoms in total. The summed E-state index contributed by atoms with van der Waals surface area (Å²) in [4.78, 5) is 4.64. The number of rotatable bonds is 4. The molecule has 1 unspecified atom stereocenters. The first-order chi connectivity index (χ1) is 13.6. The second-order valence-corrected chi connectivity index (χ2v) is 9.18. The number of hydrogen-bond acceptors (Lipinski definition) is 3. The van der Waals surface area contributed by atoms with Crippen molar-refractivity contribution < 1.29 is 0 Å². The van der Waals surface area contributed by atoms with E-state index in [0.717, 1.165) is 21.9 Å². The van der Waals surface area contributed by atoms with Crippen LogP contribution in [0.4, 0.5) is 0 Å². The van der Waals surface area contributed by atoms with Gasteiger partial charge in [0.05, 0.1) is 0 Å². The molecular weight excluding hydrogens is 410 g/mol. The smallest absolute Gasteiger partial charge is 0.178 e. The lowest BCUT2D eigenvalue weighted by Crippen LogP contribution is -2.41. The summed E-state index contributed by atoms with van der Waals surface area (Å²) >= 11 is 3.47. The Bertz CT molecular complexity index is 862. The van der Waals surface area contributed by atoms with Crippen LogP contribution >= 0.6 is 15.9 Å². The number of hydrazone groups is 1. The van der Waals surface area contributed by atoms with E-state index in [4.69, 9.17) is 0 Å². The molecule has 0 aromatic heterocycles. The Kier molecular flexibility index (Phi) is 5.68. The Morgan fingerprint density at radius 1 is 1.00 bits per heavy atom. The summed E-state index contributed by atoms with van der Waals surface area (Å²) in [5, 5.41) is 4.54. The van der Waals surface area contributed by atoms with Gasteiger partial charge in [0.25, 0.3) is 0 Å². The third-order valence-corrected chi connectivity index (χ3v) is 6.88. The minimum absolute atomic E-state index is 0.378. The molecule has 1 heterocycles. The molecule has 1 fully saturated rings. The summed E-state index contributed by atoms with van der Waals surface area (Å²) < 4.78 is 1.05. The van der Waals surface area contributed by atoms with E-state index in [1.54, 1.807) is 0 Å². The molecule has 4 heteroatoms. The van der Waals surface area contributed by atoms with Crippen molar-refractivity contribution in [3.05, 3.63) is 69.7 Å². The van der Waals surface area contributed by atoms with Gasteiger partial charge in [-0.25, -0.2) is 4.99 Å². The fourth-order valence-electron chi connectivity index (χ4n) is 4.30. The lowest BCUT2D eigenvalue weighted by Gasteiger charge is -2.30. The van der Waals surface area contributed by atoms with Gasteiger partial charge >= 0.3 is 0 Å². The molecule has 1 N–H and O–H groups in total. The predicted molar refractivity (Wildman–Crippen MR) is 121 cm³/mol. The lowest BCUT2D eigenvalue weighted by atomic mass is 9.77. The van der Waals surface area contributed by atoms with Crippen molar-refractivity contribution in [2.45, 2.75) is 57.4 Å². The first-order valence-corrected chi connectivity index (χ1v) is 11.1. The van der Waals surface area contributed by atoms with Crippen LogP contribution in [0, 0.1) is 5.92 Å². The third kappa shape index (κ3) is 4.07. The average Bonchev–Trinajstić information content (AvgIpc) is 2.75. The average molecular weight is 438 g/mol. The van der Waals surface area contributed by atoms with Crippen molar-refractivity contribution >= 4 is 28.0 Å². The van der Waals surface area contributed by atoms with Crippen molar-refractivity contribution in [3.8, 4) is 0 Å². The molecule has 4 rings (SSSR count). The Morgan fingerprint density at radius 2 is 1.68 bits per heavy atom. The van der Waals surface area contributed by atoms with E-state index in [1.807, 2.05) is 30.5 Å².